The highest BCUT2D eigenvalue weighted by atomic mass is 16.2. The Morgan fingerprint density at radius 3 is 2.70 bits per heavy atom. The van der Waals surface area contributed by atoms with Crippen molar-refractivity contribution in [1.29, 1.82) is 0 Å². The number of rotatable bonds is 4. The summed E-state index contributed by atoms with van der Waals surface area (Å²) in [6.07, 6.45) is 2.09. The van der Waals surface area contributed by atoms with Gasteiger partial charge in [-0.05, 0) is 31.5 Å². The van der Waals surface area contributed by atoms with Gasteiger partial charge in [-0.2, -0.15) is 0 Å². The number of carbonyl (C=O) groups is 2. The number of carbonyl (C=O) groups excluding carboxylic acids is 2. The Morgan fingerprint density at radius 2 is 2.00 bits per heavy atom. The molecular formula is C14H20N4O2. The molecule has 1 aliphatic rings. The minimum atomic E-state index is -0.323. The van der Waals surface area contributed by atoms with Crippen LogP contribution in [0.1, 0.15) is 23.2 Å². The molecule has 1 unspecified atom stereocenters. The second-order valence-corrected chi connectivity index (χ2v) is 4.87. The number of hydrogen-bond donors (Lipinski definition) is 3. The highest BCUT2D eigenvalue weighted by Crippen LogP contribution is 2.14. The third kappa shape index (κ3) is 3.79. The van der Waals surface area contributed by atoms with E-state index in [1.165, 1.54) is 0 Å². The minimum absolute atomic E-state index is 0.227. The van der Waals surface area contributed by atoms with Crippen molar-refractivity contribution >= 4 is 11.8 Å². The second kappa shape index (κ2) is 7.02. The molecular weight excluding hydrogens is 256 g/mol. The molecule has 108 valence electrons. The zero-order valence-corrected chi connectivity index (χ0v) is 11.3. The SMILES string of the molecule is NCC1CCCN1CC(=O)NNC(=O)c1ccccc1. The summed E-state index contributed by atoms with van der Waals surface area (Å²) >= 11 is 0. The third-order valence-corrected chi connectivity index (χ3v) is 3.47. The van der Waals surface area contributed by atoms with Crippen molar-refractivity contribution in [3.63, 3.8) is 0 Å². The molecule has 0 radical (unpaired) electrons. The van der Waals surface area contributed by atoms with Gasteiger partial charge < -0.3 is 5.73 Å². The molecule has 2 rings (SSSR count). The summed E-state index contributed by atoms with van der Waals surface area (Å²) in [5, 5.41) is 0. The monoisotopic (exact) mass is 276 g/mol. The van der Waals surface area contributed by atoms with Crippen molar-refractivity contribution in [1.82, 2.24) is 15.8 Å². The lowest BCUT2D eigenvalue weighted by molar-refractivity contribution is -0.123. The maximum Gasteiger partial charge on any atom is 0.269 e. The van der Waals surface area contributed by atoms with Crippen LogP contribution >= 0.6 is 0 Å². The predicted octanol–water partition coefficient (Wildman–Crippen LogP) is -0.129. The van der Waals surface area contributed by atoms with E-state index in [0.29, 0.717) is 12.1 Å². The molecule has 6 heteroatoms. The zero-order valence-electron chi connectivity index (χ0n) is 11.3. The van der Waals surface area contributed by atoms with Gasteiger partial charge in [0.15, 0.2) is 0 Å². The van der Waals surface area contributed by atoms with Gasteiger partial charge in [0.25, 0.3) is 11.8 Å². The number of hydrazine groups is 1. The number of amides is 2. The summed E-state index contributed by atoms with van der Waals surface area (Å²) in [5.74, 6) is -0.551. The molecule has 2 amide bonds. The molecule has 1 fully saturated rings. The first-order chi connectivity index (χ1) is 9.70. The van der Waals surface area contributed by atoms with E-state index in [4.69, 9.17) is 5.73 Å². The van der Waals surface area contributed by atoms with E-state index in [1.807, 2.05) is 11.0 Å². The van der Waals surface area contributed by atoms with Crippen molar-refractivity contribution in [3.05, 3.63) is 35.9 Å². The molecule has 1 saturated heterocycles. The summed E-state index contributed by atoms with van der Waals surface area (Å²) in [6.45, 7) is 1.70. The van der Waals surface area contributed by atoms with Gasteiger partial charge >= 0.3 is 0 Å². The van der Waals surface area contributed by atoms with E-state index in [9.17, 15) is 9.59 Å². The number of nitrogens with one attached hydrogen (secondary N) is 2. The summed E-state index contributed by atoms with van der Waals surface area (Å²) in [6, 6.07) is 9.01. The van der Waals surface area contributed by atoms with E-state index in [1.54, 1.807) is 24.3 Å². The van der Waals surface area contributed by atoms with Crippen molar-refractivity contribution in [2.45, 2.75) is 18.9 Å². The van der Waals surface area contributed by atoms with E-state index in [0.717, 1.165) is 19.4 Å². The van der Waals surface area contributed by atoms with Gasteiger partial charge in [-0.3, -0.25) is 25.3 Å². The molecule has 0 spiro atoms. The summed E-state index contributed by atoms with van der Waals surface area (Å²) in [5.41, 5.74) is 11.0. The molecule has 0 saturated carbocycles. The van der Waals surface area contributed by atoms with Crippen LogP contribution in [0.25, 0.3) is 0 Å². The van der Waals surface area contributed by atoms with Gasteiger partial charge in [-0.25, -0.2) is 0 Å². The summed E-state index contributed by atoms with van der Waals surface area (Å²) in [7, 11) is 0. The summed E-state index contributed by atoms with van der Waals surface area (Å²) < 4.78 is 0. The average Bonchev–Trinajstić information content (AvgIpc) is 2.92. The Morgan fingerprint density at radius 1 is 1.25 bits per heavy atom. The zero-order chi connectivity index (χ0) is 14.4. The lowest BCUT2D eigenvalue weighted by atomic mass is 10.2. The first kappa shape index (κ1) is 14.5. The molecule has 4 N–H and O–H groups in total. The fourth-order valence-electron chi connectivity index (χ4n) is 2.38. The second-order valence-electron chi connectivity index (χ2n) is 4.87. The Labute approximate surface area is 118 Å². The van der Waals surface area contributed by atoms with Crippen molar-refractivity contribution in [2.24, 2.45) is 5.73 Å². The Kier molecular flexibility index (Phi) is 5.09. The Hall–Kier alpha value is -1.92. The van der Waals surface area contributed by atoms with Crippen molar-refractivity contribution in [2.75, 3.05) is 19.6 Å². The molecule has 0 aliphatic carbocycles. The lowest BCUT2D eigenvalue weighted by Gasteiger charge is -2.22. The van der Waals surface area contributed by atoms with Gasteiger partial charge in [0, 0.05) is 18.2 Å². The Balaban J connectivity index is 1.76. The molecule has 1 aromatic rings. The molecule has 6 nitrogen and oxygen atoms in total. The topological polar surface area (TPSA) is 87.5 Å². The van der Waals surface area contributed by atoms with Crippen LogP contribution in [0.5, 0.6) is 0 Å². The number of nitrogens with two attached hydrogens (primary N) is 1. The highest BCUT2D eigenvalue weighted by molar-refractivity contribution is 5.95. The quantitative estimate of drug-likeness (QED) is 0.669. The standard InChI is InChI=1S/C14H20N4O2/c15-9-12-7-4-8-18(12)10-13(19)16-17-14(20)11-5-2-1-3-6-11/h1-3,5-6,12H,4,7-10,15H2,(H,16,19)(H,17,20). The van der Waals surface area contributed by atoms with Crippen LogP contribution < -0.4 is 16.6 Å². The van der Waals surface area contributed by atoms with E-state index >= 15 is 0 Å². The van der Waals surface area contributed by atoms with Crippen LogP contribution in [0.2, 0.25) is 0 Å². The van der Waals surface area contributed by atoms with Gasteiger partial charge in [-0.15, -0.1) is 0 Å². The number of benzene rings is 1. The molecule has 20 heavy (non-hydrogen) atoms. The molecule has 0 bridgehead atoms. The van der Waals surface area contributed by atoms with Gasteiger partial charge in [0.05, 0.1) is 6.54 Å². The fourth-order valence-corrected chi connectivity index (χ4v) is 2.38. The summed E-state index contributed by atoms with van der Waals surface area (Å²) in [4.78, 5) is 25.6. The normalized spacial score (nSPS) is 18.8. The number of hydrogen-bond acceptors (Lipinski definition) is 4. The smallest absolute Gasteiger partial charge is 0.269 e. The minimum Gasteiger partial charge on any atom is -0.329 e. The molecule has 0 aromatic heterocycles. The molecule has 1 aliphatic heterocycles. The molecule has 1 atom stereocenters. The first-order valence-electron chi connectivity index (χ1n) is 6.79. The van der Waals surface area contributed by atoms with Crippen LogP contribution in [-0.4, -0.2) is 42.4 Å². The van der Waals surface area contributed by atoms with Crippen molar-refractivity contribution < 1.29 is 9.59 Å². The van der Waals surface area contributed by atoms with Gasteiger partial charge in [-0.1, -0.05) is 18.2 Å². The van der Waals surface area contributed by atoms with Crippen LogP contribution in [0.4, 0.5) is 0 Å². The van der Waals surface area contributed by atoms with Crippen LogP contribution in [0.15, 0.2) is 30.3 Å². The van der Waals surface area contributed by atoms with E-state index in [2.05, 4.69) is 10.9 Å². The maximum absolute atomic E-state index is 11.8. The van der Waals surface area contributed by atoms with Crippen LogP contribution in [0.3, 0.4) is 0 Å². The van der Waals surface area contributed by atoms with Gasteiger partial charge in [0.1, 0.15) is 0 Å². The van der Waals surface area contributed by atoms with Crippen molar-refractivity contribution in [3.8, 4) is 0 Å². The lowest BCUT2D eigenvalue weighted by Crippen LogP contribution is -2.48. The van der Waals surface area contributed by atoms with Gasteiger partial charge in [0.2, 0.25) is 0 Å². The fraction of sp³-hybridized carbons (Fsp3) is 0.429. The van der Waals surface area contributed by atoms with Crippen LogP contribution in [-0.2, 0) is 4.79 Å². The first-order valence-corrected chi connectivity index (χ1v) is 6.79. The number of likely N-dealkylation sites (tertiary alicyclic amines) is 1. The maximum atomic E-state index is 11.8. The van der Waals surface area contributed by atoms with Crippen LogP contribution in [0, 0.1) is 0 Å². The average molecular weight is 276 g/mol. The largest absolute Gasteiger partial charge is 0.329 e. The Bertz CT molecular complexity index is 464. The number of nitrogens with zero attached hydrogens (tertiary/aromatic N) is 1. The third-order valence-electron chi connectivity index (χ3n) is 3.47. The highest BCUT2D eigenvalue weighted by Gasteiger charge is 2.24. The van der Waals surface area contributed by atoms with E-state index < -0.39 is 0 Å². The molecule has 1 heterocycles. The van der Waals surface area contributed by atoms with E-state index in [-0.39, 0.29) is 24.4 Å². The predicted molar refractivity (Wildman–Crippen MR) is 75.7 cm³/mol. The molecule has 1 aromatic carbocycles.